The number of imide groups is 1. The SMILES string of the molecule is CN1C(=O)Cc2ccc(CCCCC(=O)O)cc2C1=O. The Hall–Kier alpha value is -2.17. The lowest BCUT2D eigenvalue weighted by atomic mass is 9.95. The minimum atomic E-state index is -0.786. The highest BCUT2D eigenvalue weighted by molar-refractivity contribution is 6.09. The number of carboxylic acid groups (broad SMARTS) is 1. The van der Waals surface area contributed by atoms with E-state index in [2.05, 4.69) is 0 Å². The van der Waals surface area contributed by atoms with Gasteiger partial charge in [0.15, 0.2) is 0 Å². The first-order chi connectivity index (χ1) is 9.49. The molecular weight excluding hydrogens is 258 g/mol. The second-order valence-electron chi connectivity index (χ2n) is 5.03. The number of carbonyl (C=O) groups is 3. The molecule has 0 unspecified atom stereocenters. The van der Waals surface area contributed by atoms with Gasteiger partial charge < -0.3 is 5.11 Å². The summed E-state index contributed by atoms with van der Waals surface area (Å²) in [5.74, 6) is -1.23. The van der Waals surface area contributed by atoms with Crippen LogP contribution in [0.3, 0.4) is 0 Å². The first-order valence-corrected chi connectivity index (χ1v) is 6.63. The number of benzene rings is 1. The molecule has 0 bridgehead atoms. The van der Waals surface area contributed by atoms with Crippen LogP contribution in [-0.4, -0.2) is 34.8 Å². The van der Waals surface area contributed by atoms with Gasteiger partial charge in [-0.1, -0.05) is 12.1 Å². The summed E-state index contributed by atoms with van der Waals surface area (Å²) in [6, 6.07) is 5.55. The van der Waals surface area contributed by atoms with Crippen LogP contribution in [0.5, 0.6) is 0 Å². The molecule has 5 heteroatoms. The molecular formula is C15H17NO4. The van der Waals surface area contributed by atoms with Gasteiger partial charge in [-0.3, -0.25) is 19.3 Å². The third kappa shape index (κ3) is 3.04. The summed E-state index contributed by atoms with van der Waals surface area (Å²) in [5.41, 5.74) is 2.36. The monoisotopic (exact) mass is 275 g/mol. The second kappa shape index (κ2) is 5.86. The highest BCUT2D eigenvalue weighted by Gasteiger charge is 2.27. The number of carboxylic acids is 1. The van der Waals surface area contributed by atoms with Crippen LogP contribution in [-0.2, 0) is 22.4 Å². The number of amides is 2. The van der Waals surface area contributed by atoms with Crippen molar-refractivity contribution < 1.29 is 19.5 Å². The summed E-state index contributed by atoms with van der Waals surface area (Å²) in [6.07, 6.45) is 2.57. The average molecular weight is 275 g/mol. The Kier molecular flexibility index (Phi) is 4.17. The van der Waals surface area contributed by atoms with E-state index < -0.39 is 5.97 Å². The van der Waals surface area contributed by atoms with Crippen molar-refractivity contribution in [3.8, 4) is 0 Å². The van der Waals surface area contributed by atoms with E-state index >= 15 is 0 Å². The number of hydrogen-bond acceptors (Lipinski definition) is 3. The molecule has 106 valence electrons. The van der Waals surface area contributed by atoms with Crippen molar-refractivity contribution in [1.82, 2.24) is 4.90 Å². The summed E-state index contributed by atoms with van der Waals surface area (Å²) >= 11 is 0. The second-order valence-corrected chi connectivity index (χ2v) is 5.03. The average Bonchev–Trinajstić information content (AvgIpc) is 2.41. The van der Waals surface area contributed by atoms with E-state index in [0.717, 1.165) is 28.9 Å². The minimum Gasteiger partial charge on any atom is -0.481 e. The lowest BCUT2D eigenvalue weighted by Gasteiger charge is -2.23. The van der Waals surface area contributed by atoms with Crippen LogP contribution in [0.15, 0.2) is 18.2 Å². The van der Waals surface area contributed by atoms with Crippen molar-refractivity contribution in [3.05, 3.63) is 34.9 Å². The number of carbonyl (C=O) groups excluding carboxylic acids is 2. The van der Waals surface area contributed by atoms with Crippen molar-refractivity contribution in [2.24, 2.45) is 0 Å². The van der Waals surface area contributed by atoms with Crippen LogP contribution in [0, 0.1) is 0 Å². The molecule has 1 N–H and O–H groups in total. The van der Waals surface area contributed by atoms with Gasteiger partial charge >= 0.3 is 5.97 Å². The molecule has 1 heterocycles. The van der Waals surface area contributed by atoms with Gasteiger partial charge in [0.05, 0.1) is 6.42 Å². The van der Waals surface area contributed by atoms with Gasteiger partial charge in [-0.2, -0.15) is 0 Å². The van der Waals surface area contributed by atoms with Gasteiger partial charge in [0, 0.05) is 19.0 Å². The summed E-state index contributed by atoms with van der Waals surface area (Å²) in [4.78, 5) is 35.2. The molecule has 0 radical (unpaired) electrons. The lowest BCUT2D eigenvalue weighted by Crippen LogP contribution is -2.39. The molecule has 0 spiro atoms. The molecule has 1 aliphatic rings. The predicted octanol–water partition coefficient (Wildman–Crippen LogP) is 1.64. The van der Waals surface area contributed by atoms with Crippen molar-refractivity contribution in [3.63, 3.8) is 0 Å². The standard InChI is InChI=1S/C15H17NO4/c1-16-13(17)9-11-7-6-10(8-12(11)15(16)20)4-2-3-5-14(18)19/h6-8H,2-5,9H2,1H3,(H,18,19). The Morgan fingerprint density at radius 1 is 1.30 bits per heavy atom. The normalized spacial score (nSPS) is 14.3. The zero-order valence-corrected chi connectivity index (χ0v) is 11.4. The highest BCUT2D eigenvalue weighted by atomic mass is 16.4. The largest absolute Gasteiger partial charge is 0.481 e. The summed E-state index contributed by atoms with van der Waals surface area (Å²) in [5, 5.41) is 8.58. The maximum atomic E-state index is 12.0. The summed E-state index contributed by atoms with van der Waals surface area (Å²) in [7, 11) is 1.49. The Morgan fingerprint density at radius 3 is 2.75 bits per heavy atom. The summed E-state index contributed by atoms with van der Waals surface area (Å²) in [6.45, 7) is 0. The zero-order valence-electron chi connectivity index (χ0n) is 11.4. The van der Waals surface area contributed by atoms with Crippen molar-refractivity contribution in [2.75, 3.05) is 7.05 Å². The number of hydrogen-bond donors (Lipinski definition) is 1. The molecule has 1 aromatic carbocycles. The van der Waals surface area contributed by atoms with Gasteiger partial charge in [0.1, 0.15) is 0 Å². The van der Waals surface area contributed by atoms with E-state index in [4.69, 9.17) is 5.11 Å². The van der Waals surface area contributed by atoms with Gasteiger partial charge in [-0.25, -0.2) is 0 Å². The molecule has 2 amide bonds. The number of rotatable bonds is 5. The van der Waals surface area contributed by atoms with Gasteiger partial charge in [-0.05, 0) is 36.5 Å². The molecule has 0 fully saturated rings. The Bertz CT molecular complexity index is 565. The summed E-state index contributed by atoms with van der Waals surface area (Å²) < 4.78 is 0. The lowest BCUT2D eigenvalue weighted by molar-refractivity contribution is -0.137. The fraction of sp³-hybridized carbons (Fsp3) is 0.400. The van der Waals surface area contributed by atoms with Crippen LogP contribution < -0.4 is 0 Å². The molecule has 20 heavy (non-hydrogen) atoms. The zero-order chi connectivity index (χ0) is 14.7. The number of aliphatic carboxylic acids is 1. The molecule has 0 aromatic heterocycles. The smallest absolute Gasteiger partial charge is 0.303 e. The van der Waals surface area contributed by atoms with E-state index in [1.807, 2.05) is 18.2 Å². The van der Waals surface area contributed by atoms with Crippen LogP contribution in [0.1, 0.15) is 40.7 Å². The maximum absolute atomic E-state index is 12.0. The fourth-order valence-electron chi connectivity index (χ4n) is 2.31. The van der Waals surface area contributed by atoms with Crippen LogP contribution in [0.4, 0.5) is 0 Å². The minimum absolute atomic E-state index is 0.168. The Balaban J connectivity index is 2.06. The van der Waals surface area contributed by atoms with Gasteiger partial charge in [0.25, 0.3) is 5.91 Å². The number of nitrogens with zero attached hydrogens (tertiary/aromatic N) is 1. The molecule has 0 atom stereocenters. The third-order valence-corrected chi connectivity index (χ3v) is 3.53. The highest BCUT2D eigenvalue weighted by Crippen LogP contribution is 2.21. The van der Waals surface area contributed by atoms with E-state index in [1.54, 1.807) is 0 Å². The number of aryl methyl sites for hydroxylation is 1. The Labute approximate surface area is 117 Å². The van der Waals surface area contributed by atoms with Crippen molar-refractivity contribution >= 4 is 17.8 Å². The molecule has 0 saturated heterocycles. The quantitative estimate of drug-likeness (QED) is 0.654. The van der Waals surface area contributed by atoms with E-state index in [1.165, 1.54) is 7.05 Å². The van der Waals surface area contributed by atoms with Crippen molar-refractivity contribution in [1.29, 1.82) is 0 Å². The van der Waals surface area contributed by atoms with Crippen molar-refractivity contribution in [2.45, 2.75) is 32.1 Å². The molecule has 5 nitrogen and oxygen atoms in total. The van der Waals surface area contributed by atoms with Crippen LogP contribution in [0.2, 0.25) is 0 Å². The first-order valence-electron chi connectivity index (χ1n) is 6.63. The molecule has 1 aromatic rings. The third-order valence-electron chi connectivity index (χ3n) is 3.53. The van der Waals surface area contributed by atoms with Crippen LogP contribution >= 0.6 is 0 Å². The van der Waals surface area contributed by atoms with Crippen LogP contribution in [0.25, 0.3) is 0 Å². The maximum Gasteiger partial charge on any atom is 0.303 e. The molecule has 0 aliphatic carbocycles. The molecule has 1 aliphatic heterocycles. The van der Waals surface area contributed by atoms with E-state index in [9.17, 15) is 14.4 Å². The van der Waals surface area contributed by atoms with Gasteiger partial charge in [-0.15, -0.1) is 0 Å². The van der Waals surface area contributed by atoms with Gasteiger partial charge in [0.2, 0.25) is 5.91 Å². The van der Waals surface area contributed by atoms with E-state index in [-0.39, 0.29) is 24.7 Å². The number of likely N-dealkylation sites (N-methyl/N-ethyl adjacent to an activating group) is 1. The number of fused-ring (bicyclic) bond motifs is 1. The fourth-order valence-corrected chi connectivity index (χ4v) is 2.31. The van der Waals surface area contributed by atoms with E-state index in [0.29, 0.717) is 12.0 Å². The molecule has 2 rings (SSSR count). The Morgan fingerprint density at radius 2 is 2.05 bits per heavy atom. The first kappa shape index (κ1) is 14.2. The number of unbranched alkanes of at least 4 members (excludes halogenated alkanes) is 1. The predicted molar refractivity (Wildman–Crippen MR) is 72.4 cm³/mol. The molecule has 0 saturated carbocycles. The topological polar surface area (TPSA) is 74.7 Å².